The fraction of sp³-hybridized carbons (Fsp3) is 0.750. The molecule has 0 aliphatic carbocycles. The molecular formula is C12H20N2O3. The molecule has 0 aromatic heterocycles. The molecule has 1 unspecified atom stereocenters. The number of imide groups is 1. The average Bonchev–Trinajstić information content (AvgIpc) is 2.37. The Kier molecular flexibility index (Phi) is 3.91. The second kappa shape index (κ2) is 4.85. The molecule has 5 heteroatoms. The van der Waals surface area contributed by atoms with Gasteiger partial charge < -0.3 is 5.73 Å². The number of nitrogens with two attached hydrogens (primary N) is 1. The molecule has 0 aromatic carbocycles. The molecule has 0 bridgehead atoms. The first-order valence-corrected chi connectivity index (χ1v) is 5.90. The van der Waals surface area contributed by atoms with E-state index in [0.29, 0.717) is 13.0 Å². The Morgan fingerprint density at radius 1 is 1.29 bits per heavy atom. The summed E-state index contributed by atoms with van der Waals surface area (Å²) < 4.78 is 0. The molecule has 1 saturated heterocycles. The predicted octanol–water partition coefficient (Wildman–Crippen LogP) is 0.673. The number of rotatable bonds is 1. The molecule has 1 heterocycles. The standard InChI is InChI=1S/C12H20N2O3/c1-12(2,3)11(17)14-7-5-4-6-8(9(13)15)10(14)16/h8H,4-7H2,1-3H3,(H2,13,15). The van der Waals surface area contributed by atoms with Crippen LogP contribution in [0.4, 0.5) is 0 Å². The van der Waals surface area contributed by atoms with E-state index in [1.165, 1.54) is 4.90 Å². The highest BCUT2D eigenvalue weighted by atomic mass is 16.2. The van der Waals surface area contributed by atoms with Crippen molar-refractivity contribution in [1.82, 2.24) is 4.90 Å². The van der Waals surface area contributed by atoms with Gasteiger partial charge in [0.15, 0.2) is 0 Å². The molecule has 1 rings (SSSR count). The lowest BCUT2D eigenvalue weighted by atomic mass is 9.94. The van der Waals surface area contributed by atoms with Crippen molar-refractivity contribution in [2.75, 3.05) is 6.54 Å². The molecule has 2 N–H and O–H groups in total. The summed E-state index contributed by atoms with van der Waals surface area (Å²) in [6, 6.07) is 0. The van der Waals surface area contributed by atoms with Crippen LogP contribution in [0.15, 0.2) is 0 Å². The topological polar surface area (TPSA) is 80.5 Å². The Balaban J connectivity index is 2.95. The highest BCUT2D eigenvalue weighted by molar-refractivity contribution is 6.07. The van der Waals surface area contributed by atoms with Crippen molar-refractivity contribution < 1.29 is 14.4 Å². The summed E-state index contributed by atoms with van der Waals surface area (Å²) in [4.78, 5) is 36.6. The summed E-state index contributed by atoms with van der Waals surface area (Å²) in [5.41, 5.74) is 4.58. The summed E-state index contributed by atoms with van der Waals surface area (Å²) >= 11 is 0. The van der Waals surface area contributed by atoms with Crippen molar-refractivity contribution in [2.24, 2.45) is 17.1 Å². The number of carbonyl (C=O) groups excluding carboxylic acids is 3. The van der Waals surface area contributed by atoms with Gasteiger partial charge in [0.05, 0.1) is 0 Å². The average molecular weight is 240 g/mol. The first-order chi connectivity index (χ1) is 7.75. The van der Waals surface area contributed by atoms with Crippen LogP contribution in [0, 0.1) is 11.3 Å². The number of nitrogens with zero attached hydrogens (tertiary/aromatic N) is 1. The van der Waals surface area contributed by atoms with Gasteiger partial charge in [-0.1, -0.05) is 27.2 Å². The van der Waals surface area contributed by atoms with Crippen LogP contribution < -0.4 is 5.73 Å². The van der Waals surface area contributed by atoms with Gasteiger partial charge in [-0.05, 0) is 12.8 Å². The van der Waals surface area contributed by atoms with Crippen molar-refractivity contribution in [2.45, 2.75) is 40.0 Å². The lowest BCUT2D eigenvalue weighted by molar-refractivity contribution is -0.153. The summed E-state index contributed by atoms with van der Waals surface area (Å²) in [7, 11) is 0. The van der Waals surface area contributed by atoms with Gasteiger partial charge in [-0.3, -0.25) is 19.3 Å². The Morgan fingerprint density at radius 2 is 1.88 bits per heavy atom. The van der Waals surface area contributed by atoms with E-state index in [1.807, 2.05) is 0 Å². The normalized spacial score (nSPS) is 22.2. The number of hydrogen-bond acceptors (Lipinski definition) is 3. The number of primary amides is 1. The zero-order valence-electron chi connectivity index (χ0n) is 10.7. The Hall–Kier alpha value is -1.39. The van der Waals surface area contributed by atoms with E-state index < -0.39 is 23.1 Å². The van der Waals surface area contributed by atoms with E-state index in [2.05, 4.69) is 0 Å². The number of hydrogen-bond donors (Lipinski definition) is 1. The fourth-order valence-corrected chi connectivity index (χ4v) is 1.91. The zero-order chi connectivity index (χ0) is 13.2. The van der Waals surface area contributed by atoms with Crippen molar-refractivity contribution in [1.29, 1.82) is 0 Å². The Morgan fingerprint density at radius 3 is 2.35 bits per heavy atom. The number of carbonyl (C=O) groups is 3. The van der Waals surface area contributed by atoms with Crippen molar-refractivity contribution in [3.8, 4) is 0 Å². The lowest BCUT2D eigenvalue weighted by Gasteiger charge is -2.28. The molecule has 0 spiro atoms. The van der Waals surface area contributed by atoms with E-state index in [1.54, 1.807) is 20.8 Å². The van der Waals surface area contributed by atoms with E-state index in [-0.39, 0.29) is 5.91 Å². The maximum Gasteiger partial charge on any atom is 0.241 e. The van der Waals surface area contributed by atoms with Crippen LogP contribution in [0.3, 0.4) is 0 Å². The van der Waals surface area contributed by atoms with Gasteiger partial charge in [-0.2, -0.15) is 0 Å². The minimum Gasteiger partial charge on any atom is -0.369 e. The monoisotopic (exact) mass is 240 g/mol. The maximum atomic E-state index is 12.1. The third-order valence-corrected chi connectivity index (χ3v) is 2.92. The first-order valence-electron chi connectivity index (χ1n) is 5.90. The van der Waals surface area contributed by atoms with Gasteiger partial charge in [0, 0.05) is 12.0 Å². The van der Waals surface area contributed by atoms with Crippen molar-refractivity contribution in [3.63, 3.8) is 0 Å². The summed E-state index contributed by atoms with van der Waals surface area (Å²) in [6.45, 7) is 5.66. The van der Waals surface area contributed by atoms with Gasteiger partial charge >= 0.3 is 0 Å². The van der Waals surface area contributed by atoms with Gasteiger partial charge in [0.1, 0.15) is 5.92 Å². The minimum absolute atomic E-state index is 0.240. The van der Waals surface area contributed by atoms with Crippen LogP contribution in [0.25, 0.3) is 0 Å². The summed E-state index contributed by atoms with van der Waals surface area (Å²) in [6.07, 6.45) is 1.92. The van der Waals surface area contributed by atoms with Crippen LogP contribution in [-0.4, -0.2) is 29.2 Å². The highest BCUT2D eigenvalue weighted by Crippen LogP contribution is 2.23. The molecule has 1 aliphatic heterocycles. The molecule has 1 atom stereocenters. The van der Waals surface area contributed by atoms with Crippen LogP contribution in [0.2, 0.25) is 0 Å². The van der Waals surface area contributed by atoms with E-state index in [9.17, 15) is 14.4 Å². The molecule has 0 radical (unpaired) electrons. The smallest absolute Gasteiger partial charge is 0.241 e. The largest absolute Gasteiger partial charge is 0.369 e. The first kappa shape index (κ1) is 13.7. The summed E-state index contributed by atoms with van der Waals surface area (Å²) in [5, 5.41) is 0. The molecule has 17 heavy (non-hydrogen) atoms. The highest BCUT2D eigenvalue weighted by Gasteiger charge is 2.37. The van der Waals surface area contributed by atoms with Crippen molar-refractivity contribution in [3.05, 3.63) is 0 Å². The summed E-state index contributed by atoms with van der Waals surface area (Å²) in [5.74, 6) is -2.15. The fourth-order valence-electron chi connectivity index (χ4n) is 1.91. The van der Waals surface area contributed by atoms with E-state index in [4.69, 9.17) is 5.73 Å². The van der Waals surface area contributed by atoms with Crippen LogP contribution >= 0.6 is 0 Å². The molecule has 3 amide bonds. The number of likely N-dealkylation sites (tertiary alicyclic amines) is 1. The lowest BCUT2D eigenvalue weighted by Crippen LogP contribution is -2.47. The van der Waals surface area contributed by atoms with Gasteiger partial charge in [0.25, 0.3) is 0 Å². The van der Waals surface area contributed by atoms with E-state index in [0.717, 1.165) is 12.8 Å². The van der Waals surface area contributed by atoms with E-state index >= 15 is 0 Å². The second-order valence-corrected chi connectivity index (χ2v) is 5.50. The quantitative estimate of drug-likeness (QED) is 0.684. The third-order valence-electron chi connectivity index (χ3n) is 2.92. The van der Waals surface area contributed by atoms with Crippen LogP contribution in [-0.2, 0) is 14.4 Å². The molecule has 1 aliphatic rings. The van der Waals surface area contributed by atoms with Gasteiger partial charge in [-0.25, -0.2) is 0 Å². The minimum atomic E-state index is -0.844. The molecular weight excluding hydrogens is 220 g/mol. The Labute approximate surface area is 101 Å². The van der Waals surface area contributed by atoms with Crippen molar-refractivity contribution >= 4 is 17.7 Å². The molecule has 96 valence electrons. The Bertz CT molecular complexity index is 344. The SMILES string of the molecule is CC(C)(C)C(=O)N1CCCCC(C(N)=O)C1=O. The molecule has 5 nitrogen and oxygen atoms in total. The zero-order valence-corrected chi connectivity index (χ0v) is 10.7. The molecule has 1 fully saturated rings. The predicted molar refractivity (Wildman–Crippen MR) is 62.7 cm³/mol. The van der Waals surface area contributed by atoms with Gasteiger partial charge in [-0.15, -0.1) is 0 Å². The maximum absolute atomic E-state index is 12.1. The third kappa shape index (κ3) is 3.05. The second-order valence-electron chi connectivity index (χ2n) is 5.50. The van der Waals surface area contributed by atoms with Crippen LogP contribution in [0.5, 0.6) is 0 Å². The molecule has 0 aromatic rings. The van der Waals surface area contributed by atoms with Gasteiger partial charge in [0.2, 0.25) is 17.7 Å². The molecule has 0 saturated carbocycles. The number of amides is 3. The van der Waals surface area contributed by atoms with Crippen LogP contribution in [0.1, 0.15) is 40.0 Å².